The normalized spacial score (nSPS) is 17.5. The van der Waals surface area contributed by atoms with Crippen LogP contribution in [0.2, 0.25) is 0 Å². The fourth-order valence-electron chi connectivity index (χ4n) is 1.60. The third-order valence-electron chi connectivity index (χ3n) is 3.19. The molecule has 106 valence electrons. The van der Waals surface area contributed by atoms with Crippen molar-refractivity contribution in [1.29, 1.82) is 0 Å². The zero-order chi connectivity index (χ0) is 14.3. The van der Waals surface area contributed by atoms with Crippen LogP contribution in [0.4, 0.5) is 13.2 Å². The van der Waals surface area contributed by atoms with E-state index in [1.165, 1.54) is 0 Å². The molecule has 1 saturated carbocycles. The number of nitrogens with one attached hydrogen (secondary N) is 1. The summed E-state index contributed by atoms with van der Waals surface area (Å²) in [5.41, 5.74) is -0.512. The second-order valence-electron chi connectivity index (χ2n) is 4.68. The topological polar surface area (TPSA) is 66.4 Å². The minimum absolute atomic E-state index is 0.0652. The van der Waals surface area contributed by atoms with Gasteiger partial charge in [-0.3, -0.25) is 0 Å². The molecule has 0 saturated heterocycles. The van der Waals surface area contributed by atoms with Crippen LogP contribution in [-0.4, -0.2) is 26.7 Å². The first-order valence-corrected chi connectivity index (χ1v) is 7.03. The highest BCUT2D eigenvalue weighted by molar-refractivity contribution is 7.89. The monoisotopic (exact) mass is 295 g/mol. The zero-order valence-corrected chi connectivity index (χ0v) is 10.6. The van der Waals surface area contributed by atoms with Gasteiger partial charge in [-0.25, -0.2) is 26.3 Å². The second kappa shape index (κ2) is 4.77. The van der Waals surface area contributed by atoms with Gasteiger partial charge in [0.15, 0.2) is 11.6 Å². The standard InChI is InChI=1S/C11H12F3NO3S/c12-7-3-9(14)10(4-8(7)13)19(17,18)15-5-11(6-16)1-2-11/h3-4,15-16H,1-2,5-6H2. The first-order valence-electron chi connectivity index (χ1n) is 5.55. The first kappa shape index (κ1) is 14.3. The van der Waals surface area contributed by atoms with Gasteiger partial charge >= 0.3 is 0 Å². The molecule has 2 rings (SSSR count). The van der Waals surface area contributed by atoms with Crippen molar-refractivity contribution in [1.82, 2.24) is 4.72 Å². The van der Waals surface area contributed by atoms with Gasteiger partial charge in [0, 0.05) is 24.6 Å². The third-order valence-corrected chi connectivity index (χ3v) is 4.61. The molecule has 8 heteroatoms. The van der Waals surface area contributed by atoms with Crippen LogP contribution in [0.3, 0.4) is 0 Å². The number of sulfonamides is 1. The Hall–Kier alpha value is -1.12. The van der Waals surface area contributed by atoms with Crippen molar-refractivity contribution in [2.75, 3.05) is 13.2 Å². The minimum atomic E-state index is -4.28. The van der Waals surface area contributed by atoms with E-state index >= 15 is 0 Å². The van der Waals surface area contributed by atoms with Crippen LogP contribution in [-0.2, 0) is 10.0 Å². The molecule has 0 aromatic heterocycles. The number of benzene rings is 1. The van der Waals surface area contributed by atoms with E-state index in [2.05, 4.69) is 4.72 Å². The van der Waals surface area contributed by atoms with Crippen LogP contribution in [0.15, 0.2) is 17.0 Å². The fraction of sp³-hybridized carbons (Fsp3) is 0.455. The zero-order valence-electron chi connectivity index (χ0n) is 9.79. The van der Waals surface area contributed by atoms with Crippen molar-refractivity contribution >= 4 is 10.0 Å². The van der Waals surface area contributed by atoms with Gasteiger partial charge in [-0.05, 0) is 18.9 Å². The third kappa shape index (κ3) is 2.90. The number of hydrogen-bond acceptors (Lipinski definition) is 3. The predicted octanol–water partition coefficient (Wildman–Crippen LogP) is 1.15. The van der Waals surface area contributed by atoms with E-state index in [0.717, 1.165) is 0 Å². The molecule has 0 heterocycles. The van der Waals surface area contributed by atoms with Gasteiger partial charge in [0.2, 0.25) is 10.0 Å². The molecular formula is C11H12F3NO3S. The molecule has 1 fully saturated rings. The van der Waals surface area contributed by atoms with E-state index in [1.807, 2.05) is 0 Å². The highest BCUT2D eigenvalue weighted by atomic mass is 32.2. The van der Waals surface area contributed by atoms with Gasteiger partial charge in [-0.1, -0.05) is 0 Å². The largest absolute Gasteiger partial charge is 0.396 e. The average molecular weight is 295 g/mol. The van der Waals surface area contributed by atoms with Gasteiger partial charge in [0.1, 0.15) is 10.7 Å². The van der Waals surface area contributed by atoms with Gasteiger partial charge < -0.3 is 5.11 Å². The number of halogens is 3. The van der Waals surface area contributed by atoms with Gasteiger partial charge in [-0.15, -0.1) is 0 Å². The Morgan fingerprint density at radius 3 is 2.26 bits per heavy atom. The molecule has 1 aromatic rings. The Kier molecular flexibility index (Phi) is 3.59. The van der Waals surface area contributed by atoms with E-state index in [0.29, 0.717) is 18.9 Å². The molecule has 19 heavy (non-hydrogen) atoms. The van der Waals surface area contributed by atoms with Crippen LogP contribution in [0.25, 0.3) is 0 Å². The van der Waals surface area contributed by atoms with Crippen LogP contribution < -0.4 is 4.72 Å². The maximum Gasteiger partial charge on any atom is 0.243 e. The molecule has 1 aliphatic rings. The summed E-state index contributed by atoms with van der Waals surface area (Å²) in [6, 6.07) is 0.481. The number of rotatable bonds is 5. The average Bonchev–Trinajstić information content (AvgIpc) is 3.12. The Morgan fingerprint density at radius 1 is 1.16 bits per heavy atom. The van der Waals surface area contributed by atoms with Gasteiger partial charge in [0.05, 0.1) is 0 Å². The molecule has 0 radical (unpaired) electrons. The lowest BCUT2D eigenvalue weighted by Gasteiger charge is -2.13. The highest BCUT2D eigenvalue weighted by Crippen LogP contribution is 2.44. The molecule has 2 N–H and O–H groups in total. The maximum absolute atomic E-state index is 13.4. The Balaban J connectivity index is 2.22. The van der Waals surface area contributed by atoms with Crippen LogP contribution >= 0.6 is 0 Å². The minimum Gasteiger partial charge on any atom is -0.396 e. The SMILES string of the molecule is O=S(=O)(NCC1(CO)CC1)c1cc(F)c(F)cc1F. The summed E-state index contributed by atoms with van der Waals surface area (Å²) < 4.78 is 64.7. The Morgan fingerprint density at radius 2 is 1.74 bits per heavy atom. The number of aliphatic hydroxyl groups excluding tert-OH is 1. The maximum atomic E-state index is 13.4. The van der Waals surface area contributed by atoms with Crippen LogP contribution in [0.5, 0.6) is 0 Å². The lowest BCUT2D eigenvalue weighted by Crippen LogP contribution is -2.32. The summed E-state index contributed by atoms with van der Waals surface area (Å²) in [6.07, 6.45) is 1.32. The number of hydrogen-bond donors (Lipinski definition) is 2. The summed E-state index contributed by atoms with van der Waals surface area (Å²) in [7, 11) is -4.28. The van der Waals surface area contributed by atoms with Crippen LogP contribution in [0, 0.1) is 22.9 Å². The molecule has 0 amide bonds. The quantitative estimate of drug-likeness (QED) is 0.801. The summed E-state index contributed by atoms with van der Waals surface area (Å²) in [5, 5.41) is 9.04. The lowest BCUT2D eigenvalue weighted by atomic mass is 10.1. The van der Waals surface area contributed by atoms with Gasteiger partial charge in [-0.2, -0.15) is 0 Å². The van der Waals surface area contributed by atoms with E-state index in [4.69, 9.17) is 5.11 Å². The lowest BCUT2D eigenvalue weighted by molar-refractivity contribution is 0.213. The number of aliphatic hydroxyl groups is 1. The van der Waals surface area contributed by atoms with E-state index in [9.17, 15) is 21.6 Å². The highest BCUT2D eigenvalue weighted by Gasteiger charge is 2.42. The van der Waals surface area contributed by atoms with Crippen molar-refractivity contribution in [2.24, 2.45) is 5.41 Å². The van der Waals surface area contributed by atoms with Crippen LogP contribution in [0.1, 0.15) is 12.8 Å². The summed E-state index contributed by atoms with van der Waals surface area (Å²) in [6.45, 7) is -0.250. The molecule has 0 atom stereocenters. The van der Waals surface area contributed by atoms with Crippen molar-refractivity contribution < 1.29 is 26.7 Å². The predicted molar refractivity (Wildman–Crippen MR) is 60.3 cm³/mol. The molecular weight excluding hydrogens is 283 g/mol. The second-order valence-corrected chi connectivity index (χ2v) is 6.41. The Labute approximate surface area is 108 Å². The summed E-state index contributed by atoms with van der Waals surface area (Å²) in [5.74, 6) is -4.25. The molecule has 1 aromatic carbocycles. The molecule has 4 nitrogen and oxygen atoms in total. The Bertz CT molecular complexity index is 599. The molecule has 0 bridgehead atoms. The van der Waals surface area contributed by atoms with E-state index < -0.39 is 37.8 Å². The first-order chi connectivity index (χ1) is 8.80. The summed E-state index contributed by atoms with van der Waals surface area (Å²) in [4.78, 5) is -0.944. The van der Waals surface area contributed by atoms with Crippen molar-refractivity contribution in [3.63, 3.8) is 0 Å². The van der Waals surface area contributed by atoms with E-state index in [-0.39, 0.29) is 19.2 Å². The fourth-order valence-corrected chi connectivity index (χ4v) is 2.83. The summed E-state index contributed by atoms with van der Waals surface area (Å²) >= 11 is 0. The van der Waals surface area contributed by atoms with E-state index in [1.54, 1.807) is 0 Å². The van der Waals surface area contributed by atoms with Crippen molar-refractivity contribution in [3.8, 4) is 0 Å². The molecule has 0 unspecified atom stereocenters. The van der Waals surface area contributed by atoms with Crippen molar-refractivity contribution in [2.45, 2.75) is 17.7 Å². The molecule has 0 spiro atoms. The van der Waals surface area contributed by atoms with Crippen molar-refractivity contribution in [3.05, 3.63) is 29.6 Å². The molecule has 1 aliphatic carbocycles. The molecule has 0 aliphatic heterocycles. The smallest absolute Gasteiger partial charge is 0.243 e. The van der Waals surface area contributed by atoms with Gasteiger partial charge in [0.25, 0.3) is 0 Å².